The maximum absolute atomic E-state index is 13.0. The van der Waals surface area contributed by atoms with Crippen LogP contribution in [0.3, 0.4) is 0 Å². The van der Waals surface area contributed by atoms with Gasteiger partial charge in [-0.05, 0) is 96.1 Å². The molecule has 6 N–H and O–H groups in total. The van der Waals surface area contributed by atoms with Gasteiger partial charge in [0.1, 0.15) is 36.1 Å². The van der Waals surface area contributed by atoms with Gasteiger partial charge < -0.3 is 22.1 Å². The van der Waals surface area contributed by atoms with Crippen LogP contribution in [0.1, 0.15) is 47.4 Å². The Balaban J connectivity index is 0.000000181. The number of anilines is 2. The molecule has 0 bridgehead atoms. The maximum atomic E-state index is 13.0. The predicted molar refractivity (Wildman–Crippen MR) is 209 cm³/mol. The summed E-state index contributed by atoms with van der Waals surface area (Å²) in [6.45, 7) is 3.39. The molecule has 0 spiro atoms. The van der Waals surface area contributed by atoms with Gasteiger partial charge in [0, 0.05) is 46.7 Å². The van der Waals surface area contributed by atoms with Gasteiger partial charge >= 0.3 is 12.4 Å². The van der Waals surface area contributed by atoms with Gasteiger partial charge in [-0.1, -0.05) is 24.3 Å². The Labute approximate surface area is 336 Å². The SMILES string of the molecule is Cc1cc([C@@H](N)C(F)(F)F)ncc1-c1ccc2cc(NC(=O)[C@@H]3C[C@@H]3F)ncc2c1.Cc1cc([C@H](N)C(F)(F)F)ncc1-c1ccc2cc(NC(=O)[C@@H]3C[C@@H]3F)ncc2c1. The second-order valence-corrected chi connectivity index (χ2v) is 14.8. The lowest BCUT2D eigenvalue weighted by Crippen LogP contribution is -2.29. The van der Waals surface area contributed by atoms with E-state index in [9.17, 15) is 44.7 Å². The lowest BCUT2D eigenvalue weighted by atomic mass is 9.99. The molecule has 0 aliphatic heterocycles. The van der Waals surface area contributed by atoms with Crippen LogP contribution in [0.15, 0.2) is 85.5 Å². The third kappa shape index (κ3) is 9.34. The van der Waals surface area contributed by atoms with E-state index >= 15 is 0 Å². The van der Waals surface area contributed by atoms with Crippen molar-refractivity contribution in [3.05, 3.63) is 108 Å². The van der Waals surface area contributed by atoms with Crippen LogP contribution in [0.5, 0.6) is 0 Å². The molecule has 2 saturated carbocycles. The average molecular weight is 837 g/mol. The van der Waals surface area contributed by atoms with Gasteiger partial charge in [0.15, 0.2) is 0 Å². The van der Waals surface area contributed by atoms with Gasteiger partial charge in [0.2, 0.25) is 11.8 Å². The number of nitrogens with one attached hydrogen (secondary N) is 2. The van der Waals surface area contributed by atoms with E-state index in [1.807, 2.05) is 24.3 Å². The van der Waals surface area contributed by atoms with E-state index in [0.717, 1.165) is 32.7 Å². The Kier molecular flexibility index (Phi) is 11.3. The van der Waals surface area contributed by atoms with E-state index in [-0.39, 0.29) is 36.0 Å². The number of amides is 2. The third-order valence-electron chi connectivity index (χ3n) is 10.3. The molecule has 60 heavy (non-hydrogen) atoms. The first-order chi connectivity index (χ1) is 28.3. The fourth-order valence-corrected chi connectivity index (χ4v) is 6.50. The monoisotopic (exact) mass is 836 g/mol. The number of pyridine rings is 4. The summed E-state index contributed by atoms with van der Waals surface area (Å²) in [7, 11) is 0. The van der Waals surface area contributed by atoms with E-state index in [1.54, 1.807) is 50.5 Å². The van der Waals surface area contributed by atoms with E-state index in [2.05, 4.69) is 30.6 Å². The largest absolute Gasteiger partial charge is 0.409 e. The van der Waals surface area contributed by atoms with Gasteiger partial charge in [0.25, 0.3) is 0 Å². The van der Waals surface area contributed by atoms with Crippen LogP contribution in [0.25, 0.3) is 43.8 Å². The fraction of sp³-hybridized carbons (Fsp3) is 0.286. The fourth-order valence-electron chi connectivity index (χ4n) is 6.50. The van der Waals surface area contributed by atoms with Gasteiger partial charge in [-0.3, -0.25) is 19.6 Å². The van der Waals surface area contributed by atoms with Gasteiger partial charge in [0.05, 0.1) is 23.2 Å². The highest BCUT2D eigenvalue weighted by molar-refractivity contribution is 5.97. The lowest BCUT2D eigenvalue weighted by Gasteiger charge is -2.16. The minimum Gasteiger partial charge on any atom is -0.315 e. The van der Waals surface area contributed by atoms with Crippen LogP contribution in [0.4, 0.5) is 46.8 Å². The zero-order valence-corrected chi connectivity index (χ0v) is 31.7. The first kappa shape index (κ1) is 42.0. The number of carbonyl (C=O) groups excluding carboxylic acids is 2. The number of alkyl halides is 8. The number of nitrogens with two attached hydrogens (primary N) is 2. The number of halogens is 8. The normalized spacial score (nSPS) is 19.5. The molecule has 6 atom stereocenters. The molecule has 2 aliphatic carbocycles. The van der Waals surface area contributed by atoms with Crippen molar-refractivity contribution in [3.8, 4) is 22.3 Å². The van der Waals surface area contributed by atoms with E-state index in [1.165, 1.54) is 24.5 Å². The number of rotatable bonds is 8. The second-order valence-electron chi connectivity index (χ2n) is 14.8. The summed E-state index contributed by atoms with van der Waals surface area (Å²) in [6, 6.07) is 12.7. The minimum atomic E-state index is -4.56. The van der Waals surface area contributed by atoms with Crippen molar-refractivity contribution in [3.63, 3.8) is 0 Å². The highest BCUT2D eigenvalue weighted by atomic mass is 19.4. The summed E-state index contributed by atoms with van der Waals surface area (Å²) in [5, 5.41) is 8.37. The standard InChI is InChI=1S/2C21H18F4N4O/c2*1-10-4-17(19(26)21(23,24)25)27-9-15(10)12-3-2-11-6-18(28-8-13(11)5-12)29-20(30)14-7-16(14)22/h2*2-6,8-9,14,16,19H,7,26H2,1H3,(H,28,29,30)/t14-,16+,19+;14-,16+,19-/m11/s1. The molecular weight excluding hydrogens is 800 g/mol. The number of nitrogens with zero attached hydrogens (tertiary/aromatic N) is 4. The van der Waals surface area contributed by atoms with E-state index in [4.69, 9.17) is 11.5 Å². The molecule has 4 heterocycles. The molecule has 2 aliphatic rings. The summed E-state index contributed by atoms with van der Waals surface area (Å²) in [5.41, 5.74) is 14.1. The third-order valence-corrected chi connectivity index (χ3v) is 10.3. The van der Waals surface area contributed by atoms with Crippen LogP contribution >= 0.6 is 0 Å². The van der Waals surface area contributed by atoms with Gasteiger partial charge in [-0.25, -0.2) is 18.7 Å². The molecule has 10 nitrogen and oxygen atoms in total. The molecule has 4 aromatic heterocycles. The molecule has 0 saturated heterocycles. The van der Waals surface area contributed by atoms with Crippen LogP contribution in [0, 0.1) is 25.7 Å². The topological polar surface area (TPSA) is 162 Å². The molecule has 2 fully saturated rings. The van der Waals surface area contributed by atoms with Gasteiger partial charge in [-0.2, -0.15) is 26.3 Å². The Morgan fingerprint density at radius 1 is 0.583 bits per heavy atom. The number of hydrogen-bond acceptors (Lipinski definition) is 8. The summed E-state index contributed by atoms with van der Waals surface area (Å²) in [4.78, 5) is 39.9. The zero-order valence-electron chi connectivity index (χ0n) is 31.7. The highest BCUT2D eigenvalue weighted by Gasteiger charge is 2.45. The van der Waals surface area contributed by atoms with Crippen molar-refractivity contribution in [2.75, 3.05) is 10.6 Å². The van der Waals surface area contributed by atoms with Crippen LogP contribution in [0.2, 0.25) is 0 Å². The van der Waals surface area contributed by atoms with Crippen LogP contribution in [-0.2, 0) is 9.59 Å². The summed E-state index contributed by atoms with van der Waals surface area (Å²) >= 11 is 0. The van der Waals surface area contributed by atoms with Crippen molar-refractivity contribution in [2.24, 2.45) is 23.3 Å². The van der Waals surface area contributed by atoms with Crippen molar-refractivity contribution in [1.82, 2.24) is 19.9 Å². The number of hydrogen-bond donors (Lipinski definition) is 4. The molecule has 2 aromatic carbocycles. The number of fused-ring (bicyclic) bond motifs is 2. The Morgan fingerprint density at radius 2 is 0.950 bits per heavy atom. The summed E-state index contributed by atoms with van der Waals surface area (Å²) < 4.78 is 103. The maximum Gasteiger partial charge on any atom is 0.409 e. The first-order valence-electron chi connectivity index (χ1n) is 18.5. The van der Waals surface area contributed by atoms with Crippen molar-refractivity contribution in [2.45, 2.75) is 63.5 Å². The molecule has 0 radical (unpaired) electrons. The molecule has 6 aromatic rings. The molecule has 18 heteroatoms. The van der Waals surface area contributed by atoms with Crippen LogP contribution < -0.4 is 22.1 Å². The summed E-state index contributed by atoms with van der Waals surface area (Å²) in [5.74, 6) is -1.30. The molecule has 2 amide bonds. The van der Waals surface area contributed by atoms with Crippen molar-refractivity contribution < 1.29 is 44.7 Å². The first-order valence-corrected chi connectivity index (χ1v) is 18.5. The van der Waals surface area contributed by atoms with Gasteiger partial charge in [-0.15, -0.1) is 0 Å². The van der Waals surface area contributed by atoms with Crippen LogP contribution in [-0.4, -0.2) is 56.4 Å². The zero-order chi connectivity index (χ0) is 43.3. The highest BCUT2D eigenvalue weighted by Crippen LogP contribution is 2.37. The minimum absolute atomic E-state index is 0.238. The quantitative estimate of drug-likeness (QED) is 0.111. The van der Waals surface area contributed by atoms with E-state index in [0.29, 0.717) is 33.9 Å². The van der Waals surface area contributed by atoms with Crippen molar-refractivity contribution in [1.29, 1.82) is 0 Å². The smallest absolute Gasteiger partial charge is 0.315 e. The Hall–Kier alpha value is -6.14. The number of carbonyl (C=O) groups is 2. The summed E-state index contributed by atoms with van der Waals surface area (Å²) in [6.07, 6.45) is -4.91. The molecule has 0 unspecified atom stereocenters. The predicted octanol–water partition coefficient (Wildman–Crippen LogP) is 8.93. The second kappa shape index (κ2) is 16.1. The number of aromatic nitrogens is 4. The Bertz CT molecular complexity index is 2440. The number of aryl methyl sites for hydroxylation is 2. The average Bonchev–Trinajstić information content (AvgIpc) is 4.13. The molecule has 312 valence electrons. The number of benzene rings is 2. The van der Waals surface area contributed by atoms with E-state index < -0.39 is 48.6 Å². The van der Waals surface area contributed by atoms with Crippen molar-refractivity contribution >= 4 is 45.0 Å². The lowest BCUT2D eigenvalue weighted by molar-refractivity contribution is -0.150. The molecule has 8 rings (SSSR count). The Morgan fingerprint density at radius 3 is 1.27 bits per heavy atom. The molecular formula is C42H36F8N8O2.